The van der Waals surface area contributed by atoms with Crippen molar-refractivity contribution in [1.29, 1.82) is 0 Å². The first-order chi connectivity index (χ1) is 13.3. The molecule has 1 saturated heterocycles. The van der Waals surface area contributed by atoms with Crippen LogP contribution >= 0.6 is 0 Å². The predicted octanol–water partition coefficient (Wildman–Crippen LogP) is 3.56. The molecular formula is C21H29N5O. The Balaban J connectivity index is 1.38. The van der Waals surface area contributed by atoms with E-state index in [4.69, 9.17) is 4.74 Å². The largest absolute Gasteiger partial charge is 0.495 e. The number of piperazine rings is 1. The van der Waals surface area contributed by atoms with Gasteiger partial charge in [-0.1, -0.05) is 31.4 Å². The van der Waals surface area contributed by atoms with Gasteiger partial charge < -0.3 is 19.9 Å². The first kappa shape index (κ1) is 17.9. The molecule has 0 bridgehead atoms. The lowest BCUT2D eigenvalue weighted by Gasteiger charge is -2.37. The maximum Gasteiger partial charge on any atom is 0.142 e. The van der Waals surface area contributed by atoms with Gasteiger partial charge in [-0.3, -0.25) is 0 Å². The summed E-state index contributed by atoms with van der Waals surface area (Å²) in [5, 5.41) is 3.61. The Kier molecular flexibility index (Phi) is 5.61. The maximum atomic E-state index is 5.51. The fourth-order valence-corrected chi connectivity index (χ4v) is 4.12. The molecule has 27 heavy (non-hydrogen) atoms. The average molecular weight is 367 g/mol. The Bertz CT molecular complexity index is 739. The zero-order chi connectivity index (χ0) is 18.5. The van der Waals surface area contributed by atoms with Gasteiger partial charge in [0.05, 0.1) is 12.8 Å². The Labute approximate surface area is 161 Å². The van der Waals surface area contributed by atoms with Crippen LogP contribution in [0.15, 0.2) is 36.7 Å². The molecule has 4 rings (SSSR count). The first-order valence-electron chi connectivity index (χ1n) is 10.0. The van der Waals surface area contributed by atoms with Crippen LogP contribution in [-0.4, -0.2) is 49.3 Å². The number of benzene rings is 1. The highest BCUT2D eigenvalue weighted by atomic mass is 16.5. The van der Waals surface area contributed by atoms with Gasteiger partial charge in [-0.25, -0.2) is 9.97 Å². The van der Waals surface area contributed by atoms with Gasteiger partial charge in [-0.05, 0) is 25.0 Å². The molecular weight excluding hydrogens is 338 g/mol. The topological polar surface area (TPSA) is 53.5 Å². The van der Waals surface area contributed by atoms with Crippen molar-refractivity contribution in [3.63, 3.8) is 0 Å². The fraction of sp³-hybridized carbons (Fsp3) is 0.524. The van der Waals surface area contributed by atoms with Crippen LogP contribution in [0, 0.1) is 0 Å². The van der Waals surface area contributed by atoms with E-state index in [1.54, 1.807) is 13.4 Å². The number of anilines is 3. The van der Waals surface area contributed by atoms with E-state index in [2.05, 4.69) is 43.3 Å². The van der Waals surface area contributed by atoms with Crippen molar-refractivity contribution in [3.05, 3.63) is 36.7 Å². The Morgan fingerprint density at radius 3 is 2.48 bits per heavy atom. The number of rotatable bonds is 5. The van der Waals surface area contributed by atoms with Gasteiger partial charge in [0, 0.05) is 38.3 Å². The molecule has 144 valence electrons. The van der Waals surface area contributed by atoms with Crippen LogP contribution in [0.25, 0.3) is 0 Å². The van der Waals surface area contributed by atoms with Crippen molar-refractivity contribution in [2.24, 2.45) is 0 Å². The lowest BCUT2D eigenvalue weighted by Crippen LogP contribution is -2.47. The summed E-state index contributed by atoms with van der Waals surface area (Å²) in [7, 11) is 1.73. The molecule has 1 N–H and O–H groups in total. The standard InChI is InChI=1S/C21H29N5O/c1-27-19-10-6-5-9-18(19)25-11-13-26(14-12-25)21-15-20(22-16-23-21)24-17-7-3-2-4-8-17/h5-6,9-10,15-17H,2-4,7-8,11-14H2,1H3,(H,22,23,24). The molecule has 2 fully saturated rings. The zero-order valence-electron chi connectivity index (χ0n) is 16.1. The normalized spacial score (nSPS) is 18.4. The monoisotopic (exact) mass is 367 g/mol. The lowest BCUT2D eigenvalue weighted by atomic mass is 9.95. The second-order valence-corrected chi connectivity index (χ2v) is 7.39. The van der Waals surface area contributed by atoms with Crippen LogP contribution in [0.4, 0.5) is 17.3 Å². The van der Waals surface area contributed by atoms with E-state index in [1.807, 2.05) is 12.1 Å². The highest BCUT2D eigenvalue weighted by Gasteiger charge is 2.21. The summed E-state index contributed by atoms with van der Waals surface area (Å²) in [6, 6.07) is 10.9. The molecule has 0 amide bonds. The molecule has 2 heterocycles. The van der Waals surface area contributed by atoms with Crippen molar-refractivity contribution in [3.8, 4) is 5.75 Å². The molecule has 1 aromatic heterocycles. The average Bonchev–Trinajstić information content (AvgIpc) is 2.75. The smallest absolute Gasteiger partial charge is 0.142 e. The van der Waals surface area contributed by atoms with Crippen LogP contribution in [-0.2, 0) is 0 Å². The van der Waals surface area contributed by atoms with E-state index >= 15 is 0 Å². The molecule has 2 aliphatic rings. The van der Waals surface area contributed by atoms with Crippen molar-refractivity contribution >= 4 is 17.3 Å². The molecule has 1 aromatic carbocycles. The molecule has 0 radical (unpaired) electrons. The van der Waals surface area contributed by atoms with Crippen LogP contribution < -0.4 is 19.9 Å². The summed E-state index contributed by atoms with van der Waals surface area (Å²) >= 11 is 0. The molecule has 1 aliphatic carbocycles. The number of nitrogens with one attached hydrogen (secondary N) is 1. The van der Waals surface area contributed by atoms with Crippen molar-refractivity contribution < 1.29 is 4.74 Å². The summed E-state index contributed by atoms with van der Waals surface area (Å²) in [5.74, 6) is 2.91. The molecule has 0 spiro atoms. The molecule has 0 atom stereocenters. The van der Waals surface area contributed by atoms with Gasteiger partial charge in [-0.15, -0.1) is 0 Å². The molecule has 1 saturated carbocycles. The van der Waals surface area contributed by atoms with E-state index < -0.39 is 0 Å². The number of methoxy groups -OCH3 is 1. The van der Waals surface area contributed by atoms with Crippen LogP contribution in [0.2, 0.25) is 0 Å². The molecule has 1 aliphatic heterocycles. The van der Waals surface area contributed by atoms with E-state index in [0.717, 1.165) is 43.6 Å². The Hall–Kier alpha value is -2.50. The second-order valence-electron chi connectivity index (χ2n) is 7.39. The van der Waals surface area contributed by atoms with E-state index in [9.17, 15) is 0 Å². The van der Waals surface area contributed by atoms with Gasteiger partial charge >= 0.3 is 0 Å². The van der Waals surface area contributed by atoms with E-state index in [0.29, 0.717) is 6.04 Å². The molecule has 6 nitrogen and oxygen atoms in total. The highest BCUT2D eigenvalue weighted by molar-refractivity contribution is 5.60. The van der Waals surface area contributed by atoms with Crippen molar-refractivity contribution in [1.82, 2.24) is 9.97 Å². The molecule has 2 aromatic rings. The highest BCUT2D eigenvalue weighted by Crippen LogP contribution is 2.29. The summed E-state index contributed by atoms with van der Waals surface area (Å²) < 4.78 is 5.51. The summed E-state index contributed by atoms with van der Waals surface area (Å²) in [4.78, 5) is 13.7. The lowest BCUT2D eigenvalue weighted by molar-refractivity contribution is 0.413. The first-order valence-corrected chi connectivity index (χ1v) is 10.0. The number of nitrogens with zero attached hydrogens (tertiary/aromatic N) is 4. The van der Waals surface area contributed by atoms with Crippen LogP contribution in [0.5, 0.6) is 5.75 Å². The van der Waals surface area contributed by atoms with Crippen LogP contribution in [0.3, 0.4) is 0 Å². The van der Waals surface area contributed by atoms with Gasteiger partial charge in [-0.2, -0.15) is 0 Å². The Morgan fingerprint density at radius 2 is 1.70 bits per heavy atom. The third-order valence-electron chi connectivity index (χ3n) is 5.64. The predicted molar refractivity (Wildman–Crippen MR) is 110 cm³/mol. The zero-order valence-corrected chi connectivity index (χ0v) is 16.1. The third-order valence-corrected chi connectivity index (χ3v) is 5.64. The Morgan fingerprint density at radius 1 is 0.963 bits per heavy atom. The number of hydrogen-bond acceptors (Lipinski definition) is 6. The minimum atomic E-state index is 0.559. The SMILES string of the molecule is COc1ccccc1N1CCN(c2cc(NC3CCCCC3)ncn2)CC1. The third kappa shape index (κ3) is 4.26. The maximum absolute atomic E-state index is 5.51. The van der Waals surface area contributed by atoms with Gasteiger partial charge in [0.25, 0.3) is 0 Å². The van der Waals surface area contributed by atoms with Gasteiger partial charge in [0.2, 0.25) is 0 Å². The summed E-state index contributed by atoms with van der Waals surface area (Å²) in [6.07, 6.45) is 8.19. The number of aromatic nitrogens is 2. The van der Waals surface area contributed by atoms with Gasteiger partial charge in [0.1, 0.15) is 23.7 Å². The quantitative estimate of drug-likeness (QED) is 0.872. The second kappa shape index (κ2) is 8.46. The van der Waals surface area contributed by atoms with Crippen LogP contribution in [0.1, 0.15) is 32.1 Å². The summed E-state index contributed by atoms with van der Waals surface area (Å²) in [6.45, 7) is 3.79. The number of ether oxygens (including phenoxy) is 1. The number of hydrogen-bond donors (Lipinski definition) is 1. The minimum absolute atomic E-state index is 0.559. The summed E-state index contributed by atoms with van der Waals surface area (Å²) in [5.41, 5.74) is 1.17. The number of para-hydroxylation sites is 2. The van der Waals surface area contributed by atoms with Crippen molar-refractivity contribution in [2.75, 3.05) is 48.4 Å². The molecule has 6 heteroatoms. The van der Waals surface area contributed by atoms with E-state index in [1.165, 1.54) is 37.8 Å². The van der Waals surface area contributed by atoms with Crippen molar-refractivity contribution in [2.45, 2.75) is 38.1 Å². The molecule has 0 unspecified atom stereocenters. The van der Waals surface area contributed by atoms with E-state index in [-0.39, 0.29) is 0 Å². The fourth-order valence-electron chi connectivity index (χ4n) is 4.12. The van der Waals surface area contributed by atoms with Gasteiger partial charge in [0.15, 0.2) is 0 Å². The minimum Gasteiger partial charge on any atom is -0.495 e.